The van der Waals surface area contributed by atoms with Crippen molar-refractivity contribution in [1.82, 2.24) is 5.32 Å². The normalized spacial score (nSPS) is 19.2. The van der Waals surface area contributed by atoms with Gasteiger partial charge in [-0.3, -0.25) is 4.79 Å². The second-order valence-corrected chi connectivity index (χ2v) is 5.44. The third-order valence-electron chi connectivity index (χ3n) is 3.88. The lowest BCUT2D eigenvalue weighted by atomic mass is 9.82. The molecule has 0 heterocycles. The van der Waals surface area contributed by atoms with Crippen molar-refractivity contribution in [2.75, 3.05) is 20.3 Å². The Morgan fingerprint density at radius 3 is 3.10 bits per heavy atom. The number of aryl methyl sites for hydroxylation is 1. The zero-order chi connectivity index (χ0) is 14.4. The van der Waals surface area contributed by atoms with Gasteiger partial charge in [0, 0.05) is 19.7 Å². The van der Waals surface area contributed by atoms with Crippen LogP contribution in [0.25, 0.3) is 0 Å². The van der Waals surface area contributed by atoms with Crippen LogP contribution in [-0.2, 0) is 16.0 Å². The van der Waals surface area contributed by atoms with E-state index in [1.165, 1.54) is 11.1 Å². The standard InChI is InChI=1S/C16H24N2O2/c1-20-11-13(17)9-10-18-16(19)15-8-4-6-12-5-2-3-7-14(12)15/h2-3,5,7,13,15H,4,6,8-11,17H2,1H3,(H,18,19). The number of fused-ring (bicyclic) bond motifs is 1. The van der Waals surface area contributed by atoms with E-state index in [1.807, 2.05) is 12.1 Å². The molecule has 2 rings (SSSR count). The maximum Gasteiger partial charge on any atom is 0.227 e. The molecular weight excluding hydrogens is 252 g/mol. The number of ether oxygens (including phenoxy) is 1. The van der Waals surface area contributed by atoms with Gasteiger partial charge in [0.05, 0.1) is 12.5 Å². The fraction of sp³-hybridized carbons (Fsp3) is 0.562. The monoisotopic (exact) mass is 276 g/mol. The molecular formula is C16H24N2O2. The van der Waals surface area contributed by atoms with Gasteiger partial charge in [0.1, 0.15) is 0 Å². The molecule has 0 radical (unpaired) electrons. The molecule has 1 aliphatic carbocycles. The lowest BCUT2D eigenvalue weighted by molar-refractivity contribution is -0.122. The Hall–Kier alpha value is -1.39. The lowest BCUT2D eigenvalue weighted by Crippen LogP contribution is -2.36. The number of hydrogen-bond acceptors (Lipinski definition) is 3. The van der Waals surface area contributed by atoms with Gasteiger partial charge in [0.15, 0.2) is 0 Å². The van der Waals surface area contributed by atoms with Crippen molar-refractivity contribution in [2.24, 2.45) is 5.73 Å². The van der Waals surface area contributed by atoms with Gasteiger partial charge in [-0.25, -0.2) is 0 Å². The molecule has 1 aromatic carbocycles. The van der Waals surface area contributed by atoms with E-state index >= 15 is 0 Å². The number of nitrogens with two attached hydrogens (primary N) is 1. The Bertz CT molecular complexity index is 448. The van der Waals surface area contributed by atoms with Gasteiger partial charge >= 0.3 is 0 Å². The Morgan fingerprint density at radius 2 is 2.30 bits per heavy atom. The smallest absolute Gasteiger partial charge is 0.227 e. The number of hydrogen-bond donors (Lipinski definition) is 2. The molecule has 0 saturated heterocycles. The van der Waals surface area contributed by atoms with Crippen LogP contribution in [0.3, 0.4) is 0 Å². The van der Waals surface area contributed by atoms with Crippen molar-refractivity contribution in [3.05, 3.63) is 35.4 Å². The molecule has 4 heteroatoms. The molecule has 0 aromatic heterocycles. The minimum absolute atomic E-state index is 0.00130. The fourth-order valence-corrected chi connectivity index (χ4v) is 2.83. The molecule has 1 aromatic rings. The summed E-state index contributed by atoms with van der Waals surface area (Å²) in [5, 5.41) is 3.01. The number of rotatable bonds is 6. The summed E-state index contributed by atoms with van der Waals surface area (Å²) in [6.07, 6.45) is 3.85. The zero-order valence-electron chi connectivity index (χ0n) is 12.1. The summed E-state index contributed by atoms with van der Waals surface area (Å²) >= 11 is 0. The number of carbonyl (C=O) groups is 1. The highest BCUT2D eigenvalue weighted by molar-refractivity contribution is 5.84. The van der Waals surface area contributed by atoms with E-state index in [0.717, 1.165) is 25.7 Å². The van der Waals surface area contributed by atoms with Crippen LogP contribution in [0.15, 0.2) is 24.3 Å². The molecule has 0 spiro atoms. The van der Waals surface area contributed by atoms with E-state index in [1.54, 1.807) is 7.11 Å². The summed E-state index contributed by atoms with van der Waals surface area (Å²) in [6.45, 7) is 1.14. The molecule has 2 atom stereocenters. The number of benzene rings is 1. The minimum Gasteiger partial charge on any atom is -0.383 e. The highest BCUT2D eigenvalue weighted by Gasteiger charge is 2.25. The minimum atomic E-state index is -0.0149. The third-order valence-corrected chi connectivity index (χ3v) is 3.88. The first-order valence-corrected chi connectivity index (χ1v) is 7.32. The number of nitrogens with one attached hydrogen (secondary N) is 1. The largest absolute Gasteiger partial charge is 0.383 e. The Kier molecular flexibility index (Phi) is 5.56. The van der Waals surface area contributed by atoms with Gasteiger partial charge in [0.25, 0.3) is 0 Å². The van der Waals surface area contributed by atoms with Gasteiger partial charge in [-0.05, 0) is 36.8 Å². The molecule has 1 aliphatic rings. The molecule has 0 fully saturated rings. The van der Waals surface area contributed by atoms with Crippen molar-refractivity contribution >= 4 is 5.91 Å². The van der Waals surface area contributed by atoms with E-state index in [2.05, 4.69) is 17.4 Å². The average Bonchev–Trinajstić information content (AvgIpc) is 2.47. The van der Waals surface area contributed by atoms with Gasteiger partial charge in [-0.1, -0.05) is 24.3 Å². The van der Waals surface area contributed by atoms with Crippen LogP contribution >= 0.6 is 0 Å². The maximum absolute atomic E-state index is 12.3. The summed E-state index contributed by atoms with van der Waals surface area (Å²) < 4.78 is 4.99. The van der Waals surface area contributed by atoms with Crippen LogP contribution in [0.5, 0.6) is 0 Å². The second-order valence-electron chi connectivity index (χ2n) is 5.44. The van der Waals surface area contributed by atoms with Crippen LogP contribution < -0.4 is 11.1 Å². The van der Waals surface area contributed by atoms with Crippen LogP contribution in [0.1, 0.15) is 36.3 Å². The first-order chi connectivity index (χ1) is 9.72. The van der Waals surface area contributed by atoms with E-state index in [0.29, 0.717) is 13.2 Å². The number of amides is 1. The van der Waals surface area contributed by atoms with E-state index in [4.69, 9.17) is 10.5 Å². The predicted octanol–water partition coefficient (Wildman–Crippen LogP) is 1.59. The third kappa shape index (κ3) is 3.81. The fourth-order valence-electron chi connectivity index (χ4n) is 2.83. The van der Waals surface area contributed by atoms with Gasteiger partial charge in [-0.2, -0.15) is 0 Å². The Morgan fingerprint density at radius 1 is 1.50 bits per heavy atom. The van der Waals surface area contributed by atoms with Crippen molar-refractivity contribution < 1.29 is 9.53 Å². The number of carbonyl (C=O) groups excluding carboxylic acids is 1. The summed E-state index contributed by atoms with van der Waals surface area (Å²) in [5.41, 5.74) is 8.36. The zero-order valence-corrected chi connectivity index (χ0v) is 12.1. The summed E-state index contributed by atoms with van der Waals surface area (Å²) in [6, 6.07) is 8.25. The molecule has 4 nitrogen and oxygen atoms in total. The quantitative estimate of drug-likeness (QED) is 0.829. The van der Waals surface area contributed by atoms with Gasteiger partial charge < -0.3 is 15.8 Å². The van der Waals surface area contributed by atoms with Crippen molar-refractivity contribution in [1.29, 1.82) is 0 Å². The molecule has 20 heavy (non-hydrogen) atoms. The second kappa shape index (κ2) is 7.41. The van der Waals surface area contributed by atoms with Crippen molar-refractivity contribution in [2.45, 2.75) is 37.6 Å². The lowest BCUT2D eigenvalue weighted by Gasteiger charge is -2.24. The highest BCUT2D eigenvalue weighted by Crippen LogP contribution is 2.31. The van der Waals surface area contributed by atoms with Gasteiger partial charge in [-0.15, -0.1) is 0 Å². The van der Waals surface area contributed by atoms with Gasteiger partial charge in [0.2, 0.25) is 5.91 Å². The van der Waals surface area contributed by atoms with Crippen LogP contribution in [0.4, 0.5) is 0 Å². The molecule has 2 unspecified atom stereocenters. The van der Waals surface area contributed by atoms with E-state index < -0.39 is 0 Å². The first-order valence-electron chi connectivity index (χ1n) is 7.32. The number of methoxy groups -OCH3 is 1. The van der Waals surface area contributed by atoms with Crippen molar-refractivity contribution in [3.63, 3.8) is 0 Å². The molecule has 3 N–H and O–H groups in total. The predicted molar refractivity (Wildman–Crippen MR) is 79.6 cm³/mol. The first kappa shape index (κ1) is 15.0. The molecule has 110 valence electrons. The van der Waals surface area contributed by atoms with Crippen LogP contribution in [0.2, 0.25) is 0 Å². The summed E-state index contributed by atoms with van der Waals surface area (Å²) in [7, 11) is 1.64. The Labute approximate surface area is 120 Å². The maximum atomic E-state index is 12.3. The van der Waals surface area contributed by atoms with Crippen LogP contribution in [0, 0.1) is 0 Å². The van der Waals surface area contributed by atoms with E-state index in [9.17, 15) is 4.79 Å². The Balaban J connectivity index is 1.87. The van der Waals surface area contributed by atoms with Crippen LogP contribution in [-0.4, -0.2) is 32.2 Å². The molecule has 0 saturated carbocycles. The summed E-state index contributed by atoms with van der Waals surface area (Å²) in [4.78, 5) is 12.3. The van der Waals surface area contributed by atoms with E-state index in [-0.39, 0.29) is 17.9 Å². The highest BCUT2D eigenvalue weighted by atomic mass is 16.5. The SMILES string of the molecule is COCC(N)CCNC(=O)C1CCCc2ccccc21. The molecule has 1 amide bonds. The average molecular weight is 276 g/mol. The topological polar surface area (TPSA) is 64.3 Å². The van der Waals surface area contributed by atoms with Crippen molar-refractivity contribution in [3.8, 4) is 0 Å². The summed E-state index contributed by atoms with van der Waals surface area (Å²) in [5.74, 6) is 0.125. The molecule has 0 bridgehead atoms. The molecule has 0 aliphatic heterocycles.